The maximum absolute atomic E-state index is 12.5. The number of aliphatic hydroxyl groups excluding tert-OH is 1. The average Bonchev–Trinajstić information content (AvgIpc) is 2.39. The van der Waals surface area contributed by atoms with E-state index in [9.17, 15) is 4.79 Å². The van der Waals surface area contributed by atoms with Gasteiger partial charge in [-0.1, -0.05) is 0 Å². The third-order valence-corrected chi connectivity index (χ3v) is 4.27. The lowest BCUT2D eigenvalue weighted by molar-refractivity contribution is -0.143. The standard InChI is InChI=1S/C13H24N2O2/c1-13(5-2-6-14-10-13)12(17)15-7-3-11(9-16)4-8-15/h11,14,16H,2-10H2,1H3. The first kappa shape index (κ1) is 12.8. The van der Waals surface area contributed by atoms with Crippen LogP contribution in [0.15, 0.2) is 0 Å². The van der Waals surface area contributed by atoms with Crippen LogP contribution in [0.5, 0.6) is 0 Å². The van der Waals surface area contributed by atoms with Crippen LogP contribution in [0.25, 0.3) is 0 Å². The molecule has 0 spiro atoms. The molecule has 17 heavy (non-hydrogen) atoms. The molecule has 2 aliphatic heterocycles. The Kier molecular flexibility index (Phi) is 4.05. The number of hydrogen-bond acceptors (Lipinski definition) is 3. The summed E-state index contributed by atoms with van der Waals surface area (Å²) in [5, 5.41) is 12.4. The molecule has 0 aliphatic carbocycles. The number of nitrogens with one attached hydrogen (secondary N) is 1. The van der Waals surface area contributed by atoms with Gasteiger partial charge in [-0.2, -0.15) is 0 Å². The summed E-state index contributed by atoms with van der Waals surface area (Å²) in [5.74, 6) is 0.706. The first-order chi connectivity index (χ1) is 8.15. The third kappa shape index (κ3) is 2.80. The molecule has 0 aromatic heterocycles. The lowest BCUT2D eigenvalue weighted by atomic mass is 9.80. The molecule has 2 aliphatic rings. The first-order valence-electron chi connectivity index (χ1n) is 6.77. The fourth-order valence-electron chi connectivity index (χ4n) is 2.94. The van der Waals surface area contributed by atoms with Gasteiger partial charge in [0.05, 0.1) is 5.41 Å². The monoisotopic (exact) mass is 240 g/mol. The Bertz CT molecular complexity index is 267. The van der Waals surface area contributed by atoms with Crippen LogP contribution in [0, 0.1) is 11.3 Å². The molecule has 0 aromatic carbocycles. The van der Waals surface area contributed by atoms with Gasteiger partial charge >= 0.3 is 0 Å². The second kappa shape index (κ2) is 5.36. The van der Waals surface area contributed by atoms with E-state index in [2.05, 4.69) is 12.2 Å². The van der Waals surface area contributed by atoms with Crippen molar-refractivity contribution < 1.29 is 9.90 Å². The molecule has 2 fully saturated rings. The van der Waals surface area contributed by atoms with Gasteiger partial charge in [0, 0.05) is 26.2 Å². The second-order valence-corrected chi connectivity index (χ2v) is 5.76. The van der Waals surface area contributed by atoms with Gasteiger partial charge in [-0.05, 0) is 45.1 Å². The number of likely N-dealkylation sites (tertiary alicyclic amines) is 1. The van der Waals surface area contributed by atoms with Crippen LogP contribution in [-0.2, 0) is 4.79 Å². The summed E-state index contributed by atoms with van der Waals surface area (Å²) in [4.78, 5) is 14.5. The zero-order valence-electron chi connectivity index (χ0n) is 10.7. The van der Waals surface area contributed by atoms with E-state index in [1.54, 1.807) is 0 Å². The van der Waals surface area contributed by atoms with Gasteiger partial charge in [0.15, 0.2) is 0 Å². The van der Waals surface area contributed by atoms with E-state index in [0.29, 0.717) is 11.8 Å². The van der Waals surface area contributed by atoms with Crippen molar-refractivity contribution in [3.05, 3.63) is 0 Å². The van der Waals surface area contributed by atoms with E-state index in [-0.39, 0.29) is 12.0 Å². The highest BCUT2D eigenvalue weighted by molar-refractivity contribution is 5.82. The highest BCUT2D eigenvalue weighted by atomic mass is 16.3. The number of carbonyl (C=O) groups is 1. The Balaban J connectivity index is 1.91. The van der Waals surface area contributed by atoms with Gasteiger partial charge in [-0.25, -0.2) is 0 Å². The molecule has 0 radical (unpaired) electrons. The fourth-order valence-corrected chi connectivity index (χ4v) is 2.94. The van der Waals surface area contributed by atoms with E-state index in [0.717, 1.165) is 51.9 Å². The van der Waals surface area contributed by atoms with Crippen LogP contribution in [0.2, 0.25) is 0 Å². The van der Waals surface area contributed by atoms with Crippen LogP contribution in [0.3, 0.4) is 0 Å². The largest absolute Gasteiger partial charge is 0.396 e. The highest BCUT2D eigenvalue weighted by Crippen LogP contribution is 2.30. The topological polar surface area (TPSA) is 52.6 Å². The van der Waals surface area contributed by atoms with E-state index >= 15 is 0 Å². The van der Waals surface area contributed by atoms with Gasteiger partial charge in [0.1, 0.15) is 0 Å². The minimum absolute atomic E-state index is 0.204. The van der Waals surface area contributed by atoms with Crippen molar-refractivity contribution in [3.63, 3.8) is 0 Å². The lowest BCUT2D eigenvalue weighted by Gasteiger charge is -2.40. The number of aliphatic hydroxyl groups is 1. The van der Waals surface area contributed by atoms with Crippen molar-refractivity contribution in [2.75, 3.05) is 32.8 Å². The van der Waals surface area contributed by atoms with Gasteiger partial charge < -0.3 is 15.3 Å². The van der Waals surface area contributed by atoms with Crippen molar-refractivity contribution in [2.45, 2.75) is 32.6 Å². The van der Waals surface area contributed by atoms with E-state index in [4.69, 9.17) is 5.11 Å². The van der Waals surface area contributed by atoms with Gasteiger partial charge in [-0.3, -0.25) is 4.79 Å². The van der Waals surface area contributed by atoms with Crippen LogP contribution < -0.4 is 5.32 Å². The highest BCUT2D eigenvalue weighted by Gasteiger charge is 2.38. The molecule has 1 atom stereocenters. The van der Waals surface area contributed by atoms with Crippen LogP contribution in [-0.4, -0.2) is 48.7 Å². The maximum atomic E-state index is 12.5. The van der Waals surface area contributed by atoms with Crippen molar-refractivity contribution in [1.29, 1.82) is 0 Å². The molecule has 0 aromatic rings. The summed E-state index contributed by atoms with van der Waals surface area (Å²) in [6.45, 7) is 5.83. The smallest absolute Gasteiger partial charge is 0.229 e. The number of amides is 1. The molecule has 2 N–H and O–H groups in total. The normalized spacial score (nSPS) is 31.5. The summed E-state index contributed by atoms with van der Waals surface area (Å²) < 4.78 is 0. The molecular weight excluding hydrogens is 216 g/mol. The SMILES string of the molecule is CC1(C(=O)N2CCC(CO)CC2)CCCNC1. The molecule has 1 unspecified atom stereocenters. The number of piperidine rings is 2. The molecule has 98 valence electrons. The second-order valence-electron chi connectivity index (χ2n) is 5.76. The predicted molar refractivity (Wildman–Crippen MR) is 66.6 cm³/mol. The molecule has 4 nitrogen and oxygen atoms in total. The summed E-state index contributed by atoms with van der Waals surface area (Å²) in [5.41, 5.74) is -0.204. The molecule has 0 saturated carbocycles. The van der Waals surface area contributed by atoms with E-state index in [1.807, 2.05) is 4.90 Å². The van der Waals surface area contributed by atoms with Crippen molar-refractivity contribution >= 4 is 5.91 Å². The van der Waals surface area contributed by atoms with Crippen LogP contribution in [0.1, 0.15) is 32.6 Å². The summed E-state index contributed by atoms with van der Waals surface area (Å²) >= 11 is 0. The third-order valence-electron chi connectivity index (χ3n) is 4.27. The van der Waals surface area contributed by atoms with Crippen LogP contribution >= 0.6 is 0 Å². The molecule has 0 bridgehead atoms. The Labute approximate surface area is 103 Å². The number of rotatable bonds is 2. The van der Waals surface area contributed by atoms with Gasteiger partial charge in [0.2, 0.25) is 5.91 Å². The Hall–Kier alpha value is -0.610. The zero-order valence-corrected chi connectivity index (χ0v) is 10.7. The number of nitrogens with zero attached hydrogens (tertiary/aromatic N) is 1. The lowest BCUT2D eigenvalue weighted by Crippen LogP contribution is -2.52. The van der Waals surface area contributed by atoms with Gasteiger partial charge in [0.25, 0.3) is 0 Å². The number of hydrogen-bond donors (Lipinski definition) is 2. The Morgan fingerprint density at radius 1 is 1.47 bits per heavy atom. The zero-order chi connectivity index (χ0) is 12.3. The summed E-state index contributed by atoms with van der Waals surface area (Å²) in [6.07, 6.45) is 3.99. The number of carbonyl (C=O) groups excluding carboxylic acids is 1. The minimum atomic E-state index is -0.204. The first-order valence-corrected chi connectivity index (χ1v) is 6.77. The van der Waals surface area contributed by atoms with Crippen molar-refractivity contribution in [1.82, 2.24) is 10.2 Å². The molecule has 1 amide bonds. The average molecular weight is 240 g/mol. The molecule has 4 heteroatoms. The van der Waals surface area contributed by atoms with Crippen molar-refractivity contribution in [3.8, 4) is 0 Å². The predicted octanol–water partition coefficient (Wildman–Crippen LogP) is 0.607. The fraction of sp³-hybridized carbons (Fsp3) is 0.923. The molecule has 2 heterocycles. The Morgan fingerprint density at radius 2 is 2.18 bits per heavy atom. The quantitative estimate of drug-likeness (QED) is 0.743. The summed E-state index contributed by atoms with van der Waals surface area (Å²) in [6, 6.07) is 0. The van der Waals surface area contributed by atoms with E-state index in [1.165, 1.54) is 0 Å². The molecular formula is C13H24N2O2. The maximum Gasteiger partial charge on any atom is 0.229 e. The van der Waals surface area contributed by atoms with Crippen LogP contribution in [0.4, 0.5) is 0 Å². The van der Waals surface area contributed by atoms with E-state index < -0.39 is 0 Å². The van der Waals surface area contributed by atoms with Crippen molar-refractivity contribution in [2.24, 2.45) is 11.3 Å². The minimum Gasteiger partial charge on any atom is -0.396 e. The van der Waals surface area contributed by atoms with Gasteiger partial charge in [-0.15, -0.1) is 0 Å². The molecule has 2 rings (SSSR count). The molecule has 2 saturated heterocycles. The Morgan fingerprint density at radius 3 is 2.71 bits per heavy atom. The summed E-state index contributed by atoms with van der Waals surface area (Å²) in [7, 11) is 0.